The molecular weight excluding hydrogens is 350 g/mol. The van der Waals surface area contributed by atoms with Crippen LogP contribution in [0.3, 0.4) is 0 Å². The third kappa shape index (κ3) is 22.3. The highest BCUT2D eigenvalue weighted by atomic mass is 16.5. The number of aliphatic carboxylic acids is 2. The Morgan fingerprint density at radius 1 is 0.815 bits per heavy atom. The molecule has 160 valence electrons. The topological polar surface area (TPSA) is 113 Å². The van der Waals surface area contributed by atoms with E-state index in [1.54, 1.807) is 0 Å². The second-order valence-corrected chi connectivity index (χ2v) is 6.49. The van der Waals surface area contributed by atoms with Gasteiger partial charge >= 0.3 is 17.9 Å². The molecule has 7 heteroatoms. The number of unbranched alkanes of at least 4 members (excludes halogenated alkanes) is 7. The fourth-order valence-electron chi connectivity index (χ4n) is 2.46. The summed E-state index contributed by atoms with van der Waals surface area (Å²) < 4.78 is 5.16. The van der Waals surface area contributed by atoms with Gasteiger partial charge in [-0.3, -0.25) is 14.4 Å². The fourth-order valence-corrected chi connectivity index (χ4v) is 2.46. The molecule has 0 amide bonds. The van der Waals surface area contributed by atoms with Gasteiger partial charge < -0.3 is 20.3 Å². The quantitative estimate of drug-likeness (QED) is 0.208. The van der Waals surface area contributed by atoms with E-state index in [0.717, 1.165) is 25.8 Å². The van der Waals surface area contributed by atoms with Crippen molar-refractivity contribution in [2.45, 2.75) is 97.4 Å². The predicted octanol–water partition coefficient (Wildman–Crippen LogP) is 3.99. The number of hydrogen-bond acceptors (Lipinski definition) is 5. The average molecular weight is 390 g/mol. The van der Waals surface area contributed by atoms with Gasteiger partial charge in [0.25, 0.3) is 0 Å². The van der Waals surface area contributed by atoms with Crippen LogP contribution in [0.15, 0.2) is 0 Å². The number of carbonyl (C=O) groups is 3. The number of nitrogens with one attached hydrogen (secondary N) is 1. The summed E-state index contributed by atoms with van der Waals surface area (Å²) in [7, 11) is 0. The lowest BCUT2D eigenvalue weighted by atomic mass is 10.1. The third-order valence-electron chi connectivity index (χ3n) is 3.89. The van der Waals surface area contributed by atoms with Crippen LogP contribution in [-0.2, 0) is 19.1 Å². The van der Waals surface area contributed by atoms with Crippen LogP contribution in [0.4, 0.5) is 0 Å². The smallest absolute Gasteiger partial charge is 0.323 e. The largest absolute Gasteiger partial charge is 0.481 e. The fraction of sp³-hybridized carbons (Fsp3) is 0.850. The number of carbonyl (C=O) groups excluding carboxylic acids is 1. The molecule has 0 aliphatic heterocycles. The summed E-state index contributed by atoms with van der Waals surface area (Å²) in [6.45, 7) is 7.71. The Labute approximate surface area is 163 Å². The molecule has 0 heterocycles. The second-order valence-electron chi connectivity index (χ2n) is 6.49. The van der Waals surface area contributed by atoms with E-state index in [0.29, 0.717) is 6.61 Å². The van der Waals surface area contributed by atoms with E-state index >= 15 is 0 Å². The van der Waals surface area contributed by atoms with Crippen molar-refractivity contribution in [1.29, 1.82) is 0 Å². The molecule has 7 nitrogen and oxygen atoms in total. The van der Waals surface area contributed by atoms with Gasteiger partial charge in [-0.15, -0.1) is 0 Å². The maximum absolute atomic E-state index is 11.9. The molecule has 1 atom stereocenters. The maximum atomic E-state index is 11.9. The molecule has 0 rings (SSSR count). The summed E-state index contributed by atoms with van der Waals surface area (Å²) in [5.41, 5.74) is 0. The molecule has 0 saturated carbocycles. The highest BCUT2D eigenvalue weighted by Gasteiger charge is 2.18. The van der Waals surface area contributed by atoms with Crippen LogP contribution in [0.2, 0.25) is 0 Å². The van der Waals surface area contributed by atoms with Crippen molar-refractivity contribution in [2.75, 3.05) is 13.2 Å². The van der Waals surface area contributed by atoms with Gasteiger partial charge in [-0.25, -0.2) is 0 Å². The lowest BCUT2D eigenvalue weighted by Crippen LogP contribution is -2.38. The summed E-state index contributed by atoms with van der Waals surface area (Å²) in [6.07, 6.45) is 11.2. The Balaban J connectivity index is 0. The monoisotopic (exact) mass is 389 g/mol. The van der Waals surface area contributed by atoms with Crippen LogP contribution >= 0.6 is 0 Å². The number of esters is 1. The Morgan fingerprint density at radius 3 is 1.78 bits per heavy atom. The highest BCUT2D eigenvalue weighted by Crippen LogP contribution is 2.09. The van der Waals surface area contributed by atoms with Crippen molar-refractivity contribution in [2.24, 2.45) is 0 Å². The van der Waals surface area contributed by atoms with Crippen LogP contribution in [0.1, 0.15) is 91.4 Å². The summed E-state index contributed by atoms with van der Waals surface area (Å²) in [5.74, 6) is -2.70. The Morgan fingerprint density at radius 2 is 1.33 bits per heavy atom. The molecule has 3 N–H and O–H groups in total. The normalized spacial score (nSPS) is 11.2. The molecule has 27 heavy (non-hydrogen) atoms. The number of rotatable bonds is 16. The van der Waals surface area contributed by atoms with E-state index in [4.69, 9.17) is 14.9 Å². The van der Waals surface area contributed by atoms with Crippen LogP contribution in [0.25, 0.3) is 0 Å². The molecule has 0 aliphatic carbocycles. The van der Waals surface area contributed by atoms with E-state index in [9.17, 15) is 14.4 Å². The van der Waals surface area contributed by atoms with Gasteiger partial charge in [0, 0.05) is 0 Å². The standard InChI is InChI=1S/C17H35NO2.C3H4O4/c1-4-7-9-11-12-14-16(17(19)20-6-3)18-15-13-10-8-5-2;4-2(5)1-3(6)7/h16,18H,4-15H2,1-3H3;1H2,(H,4,5)(H,6,7). The molecule has 0 aromatic rings. The van der Waals surface area contributed by atoms with Gasteiger partial charge in [-0.05, 0) is 26.3 Å². The second kappa shape index (κ2) is 20.7. The maximum Gasteiger partial charge on any atom is 0.323 e. The summed E-state index contributed by atoms with van der Waals surface area (Å²) in [6, 6.07) is -0.0989. The van der Waals surface area contributed by atoms with Gasteiger partial charge in [0.2, 0.25) is 0 Å². The summed E-state index contributed by atoms with van der Waals surface area (Å²) in [5, 5.41) is 18.8. The minimum atomic E-state index is -1.31. The van der Waals surface area contributed by atoms with E-state index in [1.807, 2.05) is 6.92 Å². The molecule has 0 radical (unpaired) electrons. The molecule has 0 spiro atoms. The molecular formula is C20H39NO6. The first-order valence-corrected chi connectivity index (χ1v) is 10.2. The SMILES string of the molecule is CCCCCCCC(NCCCCCC)C(=O)OCC.O=C(O)CC(=O)O. The molecule has 0 aromatic carbocycles. The number of carboxylic acids is 2. The minimum absolute atomic E-state index is 0.0708. The van der Waals surface area contributed by atoms with Gasteiger partial charge in [0.15, 0.2) is 0 Å². The van der Waals surface area contributed by atoms with Crippen molar-refractivity contribution in [1.82, 2.24) is 5.32 Å². The Kier molecular flexibility index (Phi) is 21.1. The predicted molar refractivity (Wildman–Crippen MR) is 106 cm³/mol. The number of hydrogen-bond donors (Lipinski definition) is 3. The summed E-state index contributed by atoms with van der Waals surface area (Å²) in [4.78, 5) is 30.8. The third-order valence-corrected chi connectivity index (χ3v) is 3.89. The van der Waals surface area contributed by atoms with Crippen molar-refractivity contribution >= 4 is 17.9 Å². The Hall–Kier alpha value is -1.63. The van der Waals surface area contributed by atoms with Crippen molar-refractivity contribution in [3.05, 3.63) is 0 Å². The van der Waals surface area contributed by atoms with Gasteiger partial charge in [-0.2, -0.15) is 0 Å². The number of ether oxygens (including phenoxy) is 1. The first-order valence-electron chi connectivity index (χ1n) is 10.2. The van der Waals surface area contributed by atoms with Crippen LogP contribution in [-0.4, -0.2) is 47.3 Å². The molecule has 0 aliphatic rings. The lowest BCUT2D eigenvalue weighted by Gasteiger charge is -2.17. The van der Waals surface area contributed by atoms with E-state index in [-0.39, 0.29) is 12.0 Å². The lowest BCUT2D eigenvalue weighted by molar-refractivity contribution is -0.148. The van der Waals surface area contributed by atoms with Crippen molar-refractivity contribution in [3.8, 4) is 0 Å². The van der Waals surface area contributed by atoms with Gasteiger partial charge in [-0.1, -0.05) is 65.2 Å². The van der Waals surface area contributed by atoms with E-state index < -0.39 is 18.4 Å². The van der Waals surface area contributed by atoms with Crippen LogP contribution in [0, 0.1) is 0 Å². The zero-order valence-electron chi connectivity index (χ0n) is 17.3. The average Bonchev–Trinajstić information content (AvgIpc) is 2.59. The van der Waals surface area contributed by atoms with Crippen LogP contribution in [0.5, 0.6) is 0 Å². The molecule has 0 aromatic heterocycles. The molecule has 0 bridgehead atoms. The zero-order valence-corrected chi connectivity index (χ0v) is 17.3. The zero-order chi connectivity index (χ0) is 20.9. The molecule has 0 fully saturated rings. The van der Waals surface area contributed by atoms with E-state index in [1.165, 1.54) is 44.9 Å². The van der Waals surface area contributed by atoms with Gasteiger partial charge in [0.1, 0.15) is 12.5 Å². The van der Waals surface area contributed by atoms with Crippen molar-refractivity contribution in [3.63, 3.8) is 0 Å². The Bertz CT molecular complexity index is 361. The first-order chi connectivity index (χ1) is 12.9. The van der Waals surface area contributed by atoms with Gasteiger partial charge in [0.05, 0.1) is 6.61 Å². The first kappa shape index (κ1) is 27.6. The molecule has 1 unspecified atom stereocenters. The number of carboxylic acid groups (broad SMARTS) is 2. The minimum Gasteiger partial charge on any atom is -0.481 e. The van der Waals surface area contributed by atoms with Crippen LogP contribution < -0.4 is 5.32 Å². The van der Waals surface area contributed by atoms with E-state index in [2.05, 4.69) is 19.2 Å². The summed E-state index contributed by atoms with van der Waals surface area (Å²) >= 11 is 0. The van der Waals surface area contributed by atoms with Crippen molar-refractivity contribution < 1.29 is 29.3 Å². The highest BCUT2D eigenvalue weighted by molar-refractivity contribution is 5.88. The molecule has 0 saturated heterocycles.